The highest BCUT2D eigenvalue weighted by atomic mass is 19.1. The monoisotopic (exact) mass is 326 g/mol. The summed E-state index contributed by atoms with van der Waals surface area (Å²) in [6.45, 7) is 5.49. The summed E-state index contributed by atoms with van der Waals surface area (Å²) in [5.74, 6) is -1.45. The molecule has 5 nitrogen and oxygen atoms in total. The fourth-order valence-corrected chi connectivity index (χ4v) is 2.05. The molecule has 122 valence electrons. The first-order valence-electron chi connectivity index (χ1n) is 7.22. The Morgan fingerprint density at radius 3 is 2.88 bits per heavy atom. The van der Waals surface area contributed by atoms with Crippen LogP contribution in [0.5, 0.6) is 11.6 Å². The molecule has 0 N–H and O–H groups in total. The van der Waals surface area contributed by atoms with Gasteiger partial charge in [-0.05, 0) is 36.2 Å². The molecule has 1 heterocycles. The quantitative estimate of drug-likeness (QED) is 0.753. The van der Waals surface area contributed by atoms with Crippen molar-refractivity contribution >= 4 is 12.0 Å². The highest BCUT2D eigenvalue weighted by Gasteiger charge is 2.20. The maximum absolute atomic E-state index is 14.1. The van der Waals surface area contributed by atoms with Gasteiger partial charge in [0.15, 0.2) is 11.6 Å². The summed E-state index contributed by atoms with van der Waals surface area (Å²) in [6, 6.07) is 7.69. The van der Waals surface area contributed by atoms with Gasteiger partial charge in [0.25, 0.3) is 0 Å². The smallest absolute Gasteiger partial charge is 0.344 e. The zero-order valence-corrected chi connectivity index (χ0v) is 13.1. The van der Waals surface area contributed by atoms with Gasteiger partial charge in [0.1, 0.15) is 5.56 Å². The molecular weight excluding hydrogens is 311 g/mol. The van der Waals surface area contributed by atoms with Crippen molar-refractivity contribution in [2.45, 2.75) is 13.3 Å². The van der Waals surface area contributed by atoms with Crippen molar-refractivity contribution in [2.24, 2.45) is 0 Å². The Balaban J connectivity index is 2.41. The van der Waals surface area contributed by atoms with E-state index < -0.39 is 11.8 Å². The van der Waals surface area contributed by atoms with Gasteiger partial charge in [-0.3, -0.25) is 0 Å². The second kappa shape index (κ2) is 7.88. The number of pyridine rings is 1. The summed E-state index contributed by atoms with van der Waals surface area (Å²) in [4.78, 5) is 16.1. The lowest BCUT2D eigenvalue weighted by Gasteiger charge is -2.12. The first-order valence-corrected chi connectivity index (χ1v) is 7.22. The van der Waals surface area contributed by atoms with Crippen LogP contribution in [0.25, 0.3) is 6.08 Å². The largest absolute Gasteiger partial charge is 0.462 e. The second-order valence-electron chi connectivity index (χ2n) is 4.71. The summed E-state index contributed by atoms with van der Waals surface area (Å²) in [5.41, 5.74) is 1.08. The van der Waals surface area contributed by atoms with Crippen LogP contribution in [0.3, 0.4) is 0 Å². The van der Waals surface area contributed by atoms with Crippen LogP contribution in [-0.2, 0) is 11.2 Å². The van der Waals surface area contributed by atoms with Crippen molar-refractivity contribution in [1.29, 1.82) is 5.26 Å². The first kappa shape index (κ1) is 17.2. The minimum absolute atomic E-state index is 0.0715. The van der Waals surface area contributed by atoms with Gasteiger partial charge < -0.3 is 9.47 Å². The third kappa shape index (κ3) is 3.76. The molecule has 0 bridgehead atoms. The third-order valence-corrected chi connectivity index (χ3v) is 3.13. The van der Waals surface area contributed by atoms with E-state index in [0.717, 1.165) is 0 Å². The van der Waals surface area contributed by atoms with Gasteiger partial charge >= 0.3 is 5.97 Å². The molecule has 0 saturated carbocycles. The maximum Gasteiger partial charge on any atom is 0.344 e. The van der Waals surface area contributed by atoms with E-state index in [1.807, 2.05) is 6.07 Å². The van der Waals surface area contributed by atoms with Gasteiger partial charge in [0.2, 0.25) is 5.88 Å². The van der Waals surface area contributed by atoms with E-state index in [1.165, 1.54) is 24.4 Å². The van der Waals surface area contributed by atoms with Gasteiger partial charge in [0.05, 0.1) is 19.1 Å². The topological polar surface area (TPSA) is 72.2 Å². The van der Waals surface area contributed by atoms with E-state index in [0.29, 0.717) is 11.1 Å². The number of carbonyl (C=O) groups excluding carboxylic acids is 1. The maximum atomic E-state index is 14.1. The molecule has 2 rings (SSSR count). The van der Waals surface area contributed by atoms with Crippen LogP contribution < -0.4 is 4.74 Å². The minimum Gasteiger partial charge on any atom is -0.462 e. The normalized spacial score (nSPS) is 9.88. The molecule has 0 aliphatic heterocycles. The molecule has 6 heteroatoms. The zero-order chi connectivity index (χ0) is 17.5. The number of carbonyl (C=O) groups is 1. The molecule has 0 spiro atoms. The number of nitriles is 1. The average molecular weight is 326 g/mol. The number of ether oxygens (including phenoxy) is 2. The predicted molar refractivity (Wildman–Crippen MR) is 86.1 cm³/mol. The number of halogens is 1. The van der Waals surface area contributed by atoms with E-state index >= 15 is 0 Å². The van der Waals surface area contributed by atoms with Crippen molar-refractivity contribution < 1.29 is 18.7 Å². The van der Waals surface area contributed by atoms with Crippen molar-refractivity contribution in [3.05, 3.63) is 59.5 Å². The van der Waals surface area contributed by atoms with E-state index in [1.54, 1.807) is 19.1 Å². The van der Waals surface area contributed by atoms with Gasteiger partial charge in [-0.15, -0.1) is 0 Å². The van der Waals surface area contributed by atoms with E-state index in [-0.39, 0.29) is 30.2 Å². The van der Waals surface area contributed by atoms with Crippen molar-refractivity contribution in [3.63, 3.8) is 0 Å². The molecule has 0 atom stereocenters. The SMILES string of the molecule is C=Cc1ccnc(Oc2ccc(CC#N)cc2F)c1C(=O)OCC. The Kier molecular flexibility index (Phi) is 5.63. The molecular formula is C18H15FN2O3. The second-order valence-corrected chi connectivity index (χ2v) is 4.71. The van der Waals surface area contributed by atoms with Crippen LogP contribution in [-0.4, -0.2) is 17.6 Å². The summed E-state index contributed by atoms with van der Waals surface area (Å²) in [6.07, 6.45) is 2.99. The molecule has 0 unspecified atom stereocenters. The summed E-state index contributed by atoms with van der Waals surface area (Å²) < 4.78 is 24.6. The molecule has 0 aliphatic rings. The van der Waals surface area contributed by atoms with E-state index in [4.69, 9.17) is 14.7 Å². The number of rotatable bonds is 6. The summed E-state index contributed by atoms with van der Waals surface area (Å²) in [5, 5.41) is 8.65. The van der Waals surface area contributed by atoms with Crippen LogP contribution in [0.2, 0.25) is 0 Å². The number of aromatic nitrogens is 1. The van der Waals surface area contributed by atoms with Crippen molar-refractivity contribution in [2.75, 3.05) is 6.61 Å². The lowest BCUT2D eigenvalue weighted by molar-refractivity contribution is 0.0522. The molecule has 2 aromatic rings. The van der Waals surface area contributed by atoms with Crippen LogP contribution in [0.15, 0.2) is 37.0 Å². The number of hydrogen-bond donors (Lipinski definition) is 0. The Morgan fingerprint density at radius 2 is 2.25 bits per heavy atom. The zero-order valence-electron chi connectivity index (χ0n) is 13.1. The Bertz CT molecular complexity index is 812. The summed E-state index contributed by atoms with van der Waals surface area (Å²) in [7, 11) is 0. The fourth-order valence-electron chi connectivity index (χ4n) is 2.05. The molecule has 0 amide bonds. The molecule has 1 aromatic carbocycles. The van der Waals surface area contributed by atoms with Gasteiger partial charge in [-0.2, -0.15) is 5.26 Å². The van der Waals surface area contributed by atoms with Crippen LogP contribution in [0.1, 0.15) is 28.4 Å². The fraction of sp³-hybridized carbons (Fsp3) is 0.167. The van der Waals surface area contributed by atoms with Crippen molar-refractivity contribution in [1.82, 2.24) is 4.98 Å². The molecule has 0 fully saturated rings. The molecule has 0 radical (unpaired) electrons. The van der Waals surface area contributed by atoms with Gasteiger partial charge in [-0.25, -0.2) is 14.2 Å². The molecule has 0 aliphatic carbocycles. The highest BCUT2D eigenvalue weighted by Crippen LogP contribution is 2.29. The number of nitrogens with zero attached hydrogens (tertiary/aromatic N) is 2. The van der Waals surface area contributed by atoms with E-state index in [2.05, 4.69) is 11.6 Å². The van der Waals surface area contributed by atoms with E-state index in [9.17, 15) is 9.18 Å². The molecule has 0 saturated heterocycles. The van der Waals surface area contributed by atoms with Gasteiger partial charge in [0, 0.05) is 6.20 Å². The number of hydrogen-bond acceptors (Lipinski definition) is 5. The molecule has 24 heavy (non-hydrogen) atoms. The number of esters is 1. The molecule has 1 aromatic heterocycles. The first-order chi connectivity index (χ1) is 11.6. The Morgan fingerprint density at radius 1 is 1.46 bits per heavy atom. The lowest BCUT2D eigenvalue weighted by Crippen LogP contribution is -2.10. The lowest BCUT2D eigenvalue weighted by atomic mass is 10.1. The van der Waals surface area contributed by atoms with Crippen LogP contribution in [0.4, 0.5) is 4.39 Å². The number of benzene rings is 1. The summed E-state index contributed by atoms with van der Waals surface area (Å²) >= 11 is 0. The predicted octanol–water partition coefficient (Wildman–Crippen LogP) is 3.90. The van der Waals surface area contributed by atoms with Crippen LogP contribution >= 0.6 is 0 Å². The minimum atomic E-state index is -0.650. The standard InChI is InChI=1S/C18H15FN2O3/c1-3-13-8-10-21-17(16(13)18(22)23-4-2)24-15-6-5-12(7-9-20)11-14(15)19/h3,5-6,8,10-11H,1,4,7H2,2H3. The van der Waals surface area contributed by atoms with Crippen molar-refractivity contribution in [3.8, 4) is 17.7 Å². The third-order valence-electron chi connectivity index (χ3n) is 3.13. The Labute approximate surface area is 139 Å². The van der Waals surface area contributed by atoms with Crippen LogP contribution in [0, 0.1) is 17.1 Å². The average Bonchev–Trinajstić information content (AvgIpc) is 2.57. The van der Waals surface area contributed by atoms with Gasteiger partial charge in [-0.1, -0.05) is 18.7 Å². The highest BCUT2D eigenvalue weighted by molar-refractivity contribution is 5.96. The Hall–Kier alpha value is -3.20.